The van der Waals surface area contributed by atoms with Gasteiger partial charge >= 0.3 is 0 Å². The first-order valence-electron chi connectivity index (χ1n) is 7.06. The Kier molecular flexibility index (Phi) is 8.10. The zero-order chi connectivity index (χ0) is 15.5. The molecule has 0 bridgehead atoms. The van der Waals surface area contributed by atoms with E-state index in [1.54, 1.807) is 25.6 Å². The largest absolute Gasteiger partial charge is 0.395 e. The minimum absolute atomic E-state index is 0.00120. The van der Waals surface area contributed by atoms with Crippen molar-refractivity contribution in [1.29, 1.82) is 0 Å². The number of amides is 1. The first-order valence-corrected chi connectivity index (χ1v) is 7.06. The third kappa shape index (κ3) is 5.94. The van der Waals surface area contributed by atoms with Crippen LogP contribution < -0.4 is 5.32 Å². The van der Waals surface area contributed by atoms with E-state index in [9.17, 15) is 4.79 Å². The summed E-state index contributed by atoms with van der Waals surface area (Å²) >= 11 is 0. The maximum absolute atomic E-state index is 12.3. The number of rotatable bonds is 7. The van der Waals surface area contributed by atoms with Crippen LogP contribution in [0.2, 0.25) is 0 Å². The molecule has 1 aromatic rings. The zero-order valence-electron chi connectivity index (χ0n) is 12.6. The van der Waals surface area contributed by atoms with Crippen molar-refractivity contribution in [2.45, 2.75) is 32.2 Å². The van der Waals surface area contributed by atoms with E-state index in [1.807, 2.05) is 0 Å². The molecule has 0 aliphatic carbocycles. The summed E-state index contributed by atoms with van der Waals surface area (Å²) in [5.74, 6) is 5.49. The maximum Gasteiger partial charge on any atom is 0.252 e. The number of aliphatic hydroxyl groups is 1. The van der Waals surface area contributed by atoms with Crippen molar-refractivity contribution < 1.29 is 14.6 Å². The van der Waals surface area contributed by atoms with E-state index in [-0.39, 0.29) is 18.6 Å². The Hall–Kier alpha value is -1.90. The van der Waals surface area contributed by atoms with Gasteiger partial charge in [0.15, 0.2) is 0 Å². The summed E-state index contributed by atoms with van der Waals surface area (Å²) in [4.78, 5) is 16.3. The first-order chi connectivity index (χ1) is 10.2. The molecule has 0 saturated carbocycles. The monoisotopic (exact) mass is 290 g/mol. The highest BCUT2D eigenvalue weighted by Gasteiger charge is 2.15. The number of carbonyl (C=O) groups excluding carboxylic acids is 1. The third-order valence-electron chi connectivity index (χ3n) is 2.87. The molecule has 0 aliphatic rings. The second-order valence-corrected chi connectivity index (χ2v) is 4.61. The van der Waals surface area contributed by atoms with Crippen molar-refractivity contribution in [2.24, 2.45) is 0 Å². The van der Waals surface area contributed by atoms with Crippen LogP contribution in [0.5, 0.6) is 0 Å². The van der Waals surface area contributed by atoms with Crippen molar-refractivity contribution >= 4 is 5.91 Å². The lowest BCUT2D eigenvalue weighted by Gasteiger charge is -2.17. The summed E-state index contributed by atoms with van der Waals surface area (Å²) in [7, 11) is 1.62. The highest BCUT2D eigenvalue weighted by Crippen LogP contribution is 2.07. The Labute approximate surface area is 125 Å². The standard InChI is InChI=1S/C16H22N2O3/c1-3-6-14(12-21-2)18-16(20)15-8-9-17-11-13(15)7-4-5-10-19/h8-9,11,14,19H,3,5-6,10,12H2,1-2H3,(H,18,20). The minimum Gasteiger partial charge on any atom is -0.395 e. The van der Waals surface area contributed by atoms with Crippen molar-refractivity contribution in [1.82, 2.24) is 10.3 Å². The molecular weight excluding hydrogens is 268 g/mol. The van der Waals surface area contributed by atoms with E-state index < -0.39 is 0 Å². The summed E-state index contributed by atoms with van der Waals surface area (Å²) in [6.45, 7) is 2.55. The van der Waals surface area contributed by atoms with Gasteiger partial charge in [0.05, 0.1) is 30.4 Å². The predicted molar refractivity (Wildman–Crippen MR) is 80.9 cm³/mol. The summed E-state index contributed by atoms with van der Waals surface area (Å²) < 4.78 is 5.12. The number of nitrogens with one attached hydrogen (secondary N) is 1. The lowest BCUT2D eigenvalue weighted by Crippen LogP contribution is -2.38. The molecule has 5 heteroatoms. The maximum atomic E-state index is 12.3. The average molecular weight is 290 g/mol. The number of aromatic nitrogens is 1. The Morgan fingerprint density at radius 3 is 3.05 bits per heavy atom. The highest BCUT2D eigenvalue weighted by atomic mass is 16.5. The summed E-state index contributed by atoms with van der Waals surface area (Å²) in [6.07, 6.45) is 5.32. The van der Waals surface area contributed by atoms with Crippen molar-refractivity contribution in [2.75, 3.05) is 20.3 Å². The number of hydrogen-bond donors (Lipinski definition) is 2. The van der Waals surface area contributed by atoms with Crippen LogP contribution in [-0.2, 0) is 4.74 Å². The van der Waals surface area contributed by atoms with Crippen LogP contribution in [0.3, 0.4) is 0 Å². The molecule has 1 amide bonds. The highest BCUT2D eigenvalue weighted by molar-refractivity contribution is 5.96. The summed E-state index contributed by atoms with van der Waals surface area (Å²) in [5.41, 5.74) is 1.06. The SMILES string of the molecule is CCCC(COC)NC(=O)c1ccncc1C#CCCO. The van der Waals surface area contributed by atoms with Gasteiger partial charge in [-0.1, -0.05) is 25.2 Å². The zero-order valence-corrected chi connectivity index (χ0v) is 12.6. The summed E-state index contributed by atoms with van der Waals surface area (Å²) in [6, 6.07) is 1.63. The fourth-order valence-electron chi connectivity index (χ4n) is 1.92. The molecule has 0 saturated heterocycles. The fraction of sp³-hybridized carbons (Fsp3) is 0.500. The van der Waals surface area contributed by atoms with Crippen molar-refractivity contribution in [3.8, 4) is 11.8 Å². The van der Waals surface area contributed by atoms with Gasteiger partial charge in [0, 0.05) is 25.9 Å². The first kappa shape index (κ1) is 17.2. The molecule has 1 atom stereocenters. The number of aliphatic hydroxyl groups excluding tert-OH is 1. The van der Waals surface area contributed by atoms with Gasteiger partial charge in [0.2, 0.25) is 0 Å². The van der Waals surface area contributed by atoms with Gasteiger partial charge in [-0.05, 0) is 12.5 Å². The smallest absolute Gasteiger partial charge is 0.252 e. The van der Waals surface area contributed by atoms with Crippen LogP contribution >= 0.6 is 0 Å². The minimum atomic E-state index is -0.179. The van der Waals surface area contributed by atoms with Crippen LogP contribution in [0.1, 0.15) is 42.1 Å². The molecule has 0 spiro atoms. The molecule has 1 unspecified atom stereocenters. The van der Waals surface area contributed by atoms with Gasteiger partial charge < -0.3 is 15.2 Å². The lowest BCUT2D eigenvalue weighted by molar-refractivity contribution is 0.0891. The van der Waals surface area contributed by atoms with Crippen LogP contribution in [0.25, 0.3) is 0 Å². The van der Waals surface area contributed by atoms with Crippen LogP contribution in [0.4, 0.5) is 0 Å². The molecule has 0 radical (unpaired) electrons. The average Bonchev–Trinajstić information content (AvgIpc) is 2.48. The Morgan fingerprint density at radius 1 is 1.57 bits per heavy atom. The van der Waals surface area contributed by atoms with E-state index in [4.69, 9.17) is 9.84 Å². The molecule has 2 N–H and O–H groups in total. The predicted octanol–water partition coefficient (Wildman–Crippen LogP) is 1.36. The number of nitrogens with zero attached hydrogens (tertiary/aromatic N) is 1. The molecule has 5 nitrogen and oxygen atoms in total. The number of methoxy groups -OCH3 is 1. The van der Waals surface area contributed by atoms with Gasteiger partial charge in [-0.2, -0.15) is 0 Å². The van der Waals surface area contributed by atoms with E-state index >= 15 is 0 Å². The Balaban J connectivity index is 2.84. The van der Waals surface area contributed by atoms with E-state index in [0.717, 1.165) is 12.8 Å². The second kappa shape index (κ2) is 9.92. The number of ether oxygens (including phenoxy) is 1. The Morgan fingerprint density at radius 2 is 2.38 bits per heavy atom. The molecule has 0 aliphatic heterocycles. The van der Waals surface area contributed by atoms with E-state index in [2.05, 4.69) is 29.1 Å². The van der Waals surface area contributed by atoms with Crippen LogP contribution in [0, 0.1) is 11.8 Å². The van der Waals surface area contributed by atoms with Gasteiger partial charge in [0.1, 0.15) is 0 Å². The molecule has 0 aromatic carbocycles. The fourth-order valence-corrected chi connectivity index (χ4v) is 1.92. The molecule has 114 valence electrons. The third-order valence-corrected chi connectivity index (χ3v) is 2.87. The number of hydrogen-bond acceptors (Lipinski definition) is 4. The van der Waals surface area contributed by atoms with Crippen LogP contribution in [-0.4, -0.2) is 42.4 Å². The molecule has 1 aromatic heterocycles. The van der Waals surface area contributed by atoms with E-state index in [0.29, 0.717) is 24.2 Å². The van der Waals surface area contributed by atoms with Gasteiger partial charge in [-0.25, -0.2) is 0 Å². The molecule has 1 rings (SSSR count). The topological polar surface area (TPSA) is 71.5 Å². The van der Waals surface area contributed by atoms with Gasteiger partial charge in [-0.15, -0.1) is 0 Å². The number of carbonyl (C=O) groups is 1. The number of pyridine rings is 1. The molecule has 0 fully saturated rings. The Bertz CT molecular complexity index is 500. The molecular formula is C16H22N2O3. The quantitative estimate of drug-likeness (QED) is 0.744. The van der Waals surface area contributed by atoms with Crippen LogP contribution in [0.15, 0.2) is 18.5 Å². The van der Waals surface area contributed by atoms with Gasteiger partial charge in [-0.3, -0.25) is 9.78 Å². The summed E-state index contributed by atoms with van der Waals surface area (Å²) in [5, 5.41) is 11.7. The van der Waals surface area contributed by atoms with E-state index in [1.165, 1.54) is 0 Å². The lowest BCUT2D eigenvalue weighted by atomic mass is 10.1. The van der Waals surface area contributed by atoms with Gasteiger partial charge in [0.25, 0.3) is 5.91 Å². The normalized spacial score (nSPS) is 11.4. The van der Waals surface area contributed by atoms with Crippen molar-refractivity contribution in [3.05, 3.63) is 29.6 Å². The molecule has 1 heterocycles. The molecule has 21 heavy (non-hydrogen) atoms. The second-order valence-electron chi connectivity index (χ2n) is 4.61. The van der Waals surface area contributed by atoms with Crippen molar-refractivity contribution in [3.63, 3.8) is 0 Å².